The van der Waals surface area contributed by atoms with Gasteiger partial charge in [0.15, 0.2) is 0 Å². The van der Waals surface area contributed by atoms with E-state index < -0.39 is 0 Å². The summed E-state index contributed by atoms with van der Waals surface area (Å²) in [7, 11) is 0. The van der Waals surface area contributed by atoms with Gasteiger partial charge < -0.3 is 10.4 Å². The van der Waals surface area contributed by atoms with Crippen molar-refractivity contribution in [3.8, 4) is 0 Å². The number of carbonyl (C=O) groups is 1. The Hall–Kier alpha value is -2.79. The second-order valence-corrected chi connectivity index (χ2v) is 5.01. The quantitative estimate of drug-likeness (QED) is 0.778. The summed E-state index contributed by atoms with van der Waals surface area (Å²) in [5.41, 5.74) is 3.46. The molecule has 2 heterocycles. The minimum Gasteiger partial charge on any atom is -0.392 e. The van der Waals surface area contributed by atoms with E-state index in [9.17, 15) is 9.90 Å². The van der Waals surface area contributed by atoms with Gasteiger partial charge >= 0.3 is 0 Å². The van der Waals surface area contributed by atoms with E-state index in [1.807, 2.05) is 25.1 Å². The smallest absolute Gasteiger partial charge is 0.255 e. The lowest BCUT2D eigenvalue weighted by Crippen LogP contribution is -2.13. The van der Waals surface area contributed by atoms with Crippen LogP contribution in [0, 0.1) is 6.92 Å². The average molecular weight is 293 g/mol. The molecule has 2 aromatic heterocycles. The van der Waals surface area contributed by atoms with Crippen LogP contribution in [0.15, 0.2) is 48.8 Å². The fraction of sp³-hybridized carbons (Fsp3) is 0.118. The van der Waals surface area contributed by atoms with Gasteiger partial charge in [-0.15, -0.1) is 0 Å². The van der Waals surface area contributed by atoms with Crippen LogP contribution in [0.4, 0.5) is 5.69 Å². The molecule has 3 aromatic rings. The van der Waals surface area contributed by atoms with Crippen LogP contribution in [-0.2, 0) is 6.61 Å². The van der Waals surface area contributed by atoms with Crippen molar-refractivity contribution in [2.45, 2.75) is 13.5 Å². The molecule has 2 N–H and O–H groups in total. The largest absolute Gasteiger partial charge is 0.392 e. The van der Waals surface area contributed by atoms with E-state index >= 15 is 0 Å². The monoisotopic (exact) mass is 293 g/mol. The van der Waals surface area contributed by atoms with E-state index in [-0.39, 0.29) is 12.5 Å². The number of nitrogens with one attached hydrogen (secondary N) is 1. The molecule has 0 aliphatic heterocycles. The first-order chi connectivity index (χ1) is 10.7. The molecule has 22 heavy (non-hydrogen) atoms. The SMILES string of the molecule is Cc1ccc2cc(C(=O)Nc3cnccc3CO)ccc2n1. The Labute approximate surface area is 127 Å². The first-order valence-electron chi connectivity index (χ1n) is 6.90. The van der Waals surface area contributed by atoms with Crippen molar-refractivity contribution < 1.29 is 9.90 Å². The third-order valence-electron chi connectivity index (χ3n) is 3.42. The minimum atomic E-state index is -0.245. The highest BCUT2D eigenvalue weighted by Gasteiger charge is 2.10. The Morgan fingerprint density at radius 3 is 2.91 bits per heavy atom. The topological polar surface area (TPSA) is 75.1 Å². The summed E-state index contributed by atoms with van der Waals surface area (Å²) in [5.74, 6) is -0.245. The van der Waals surface area contributed by atoms with Crippen LogP contribution in [0.3, 0.4) is 0 Å². The Morgan fingerprint density at radius 1 is 1.23 bits per heavy atom. The Morgan fingerprint density at radius 2 is 2.09 bits per heavy atom. The fourth-order valence-corrected chi connectivity index (χ4v) is 2.24. The van der Waals surface area contributed by atoms with Crippen LogP contribution < -0.4 is 5.32 Å². The van der Waals surface area contributed by atoms with Crippen molar-refractivity contribution in [3.63, 3.8) is 0 Å². The van der Waals surface area contributed by atoms with Gasteiger partial charge in [0.05, 0.1) is 24.0 Å². The van der Waals surface area contributed by atoms with E-state index in [1.165, 1.54) is 6.20 Å². The minimum absolute atomic E-state index is 0.154. The number of aliphatic hydroxyl groups excluding tert-OH is 1. The number of pyridine rings is 2. The van der Waals surface area contributed by atoms with Gasteiger partial charge in [0.25, 0.3) is 5.91 Å². The molecule has 0 aliphatic rings. The van der Waals surface area contributed by atoms with Gasteiger partial charge in [-0.1, -0.05) is 6.07 Å². The van der Waals surface area contributed by atoms with Crippen molar-refractivity contribution in [3.05, 3.63) is 65.6 Å². The molecule has 0 radical (unpaired) electrons. The predicted octanol–water partition coefficient (Wildman–Crippen LogP) is 2.68. The molecule has 0 fully saturated rings. The maximum atomic E-state index is 12.4. The highest BCUT2D eigenvalue weighted by atomic mass is 16.3. The van der Waals surface area contributed by atoms with Gasteiger partial charge in [-0.25, -0.2) is 0 Å². The second-order valence-electron chi connectivity index (χ2n) is 5.01. The van der Waals surface area contributed by atoms with Gasteiger partial charge in [0, 0.05) is 28.4 Å². The van der Waals surface area contributed by atoms with E-state index in [0.717, 1.165) is 16.6 Å². The molecule has 0 bridgehead atoms. The Kier molecular flexibility index (Phi) is 3.80. The highest BCUT2D eigenvalue weighted by Crippen LogP contribution is 2.18. The van der Waals surface area contributed by atoms with Crippen molar-refractivity contribution in [2.24, 2.45) is 0 Å². The molecule has 0 saturated heterocycles. The van der Waals surface area contributed by atoms with Crippen LogP contribution in [-0.4, -0.2) is 21.0 Å². The summed E-state index contributed by atoms with van der Waals surface area (Å²) in [5, 5.41) is 13.0. The number of aryl methyl sites for hydroxylation is 1. The van der Waals surface area contributed by atoms with Crippen LogP contribution in [0.5, 0.6) is 0 Å². The van der Waals surface area contributed by atoms with Crippen LogP contribution in [0.25, 0.3) is 10.9 Å². The predicted molar refractivity (Wildman–Crippen MR) is 84.6 cm³/mol. The number of nitrogens with zero attached hydrogens (tertiary/aromatic N) is 2. The summed E-state index contributed by atoms with van der Waals surface area (Å²) >= 11 is 0. The first kappa shape index (κ1) is 14.2. The summed E-state index contributed by atoms with van der Waals surface area (Å²) in [6.45, 7) is 1.78. The number of fused-ring (bicyclic) bond motifs is 1. The van der Waals surface area contributed by atoms with Gasteiger partial charge in [0.1, 0.15) is 0 Å². The maximum Gasteiger partial charge on any atom is 0.255 e. The molecule has 5 nitrogen and oxygen atoms in total. The molecular weight excluding hydrogens is 278 g/mol. The number of rotatable bonds is 3. The van der Waals surface area contributed by atoms with Crippen molar-refractivity contribution in [1.29, 1.82) is 0 Å². The number of anilines is 1. The zero-order valence-corrected chi connectivity index (χ0v) is 12.1. The molecular formula is C17H15N3O2. The average Bonchev–Trinajstić information content (AvgIpc) is 2.54. The van der Waals surface area contributed by atoms with Crippen LogP contribution in [0.1, 0.15) is 21.6 Å². The van der Waals surface area contributed by atoms with Gasteiger partial charge in [-0.2, -0.15) is 0 Å². The van der Waals surface area contributed by atoms with Crippen molar-refractivity contribution >= 4 is 22.5 Å². The molecule has 110 valence electrons. The van der Waals surface area contributed by atoms with Gasteiger partial charge in [0.2, 0.25) is 0 Å². The van der Waals surface area contributed by atoms with E-state index in [2.05, 4.69) is 15.3 Å². The number of hydrogen-bond donors (Lipinski definition) is 2. The van der Waals surface area contributed by atoms with Crippen molar-refractivity contribution in [1.82, 2.24) is 9.97 Å². The molecule has 1 aromatic carbocycles. The van der Waals surface area contributed by atoms with Gasteiger partial charge in [-0.3, -0.25) is 14.8 Å². The Bertz CT molecular complexity index is 846. The zero-order chi connectivity index (χ0) is 15.5. The third-order valence-corrected chi connectivity index (χ3v) is 3.42. The number of benzene rings is 1. The summed E-state index contributed by atoms with van der Waals surface area (Å²) in [6, 6.07) is 10.9. The summed E-state index contributed by atoms with van der Waals surface area (Å²) < 4.78 is 0. The number of aromatic nitrogens is 2. The lowest BCUT2D eigenvalue weighted by atomic mass is 10.1. The second kappa shape index (κ2) is 5.91. The van der Waals surface area contributed by atoms with Crippen LogP contribution >= 0.6 is 0 Å². The zero-order valence-electron chi connectivity index (χ0n) is 12.1. The van der Waals surface area contributed by atoms with E-state index in [1.54, 1.807) is 24.4 Å². The lowest BCUT2D eigenvalue weighted by Gasteiger charge is -2.09. The lowest BCUT2D eigenvalue weighted by molar-refractivity contribution is 0.102. The molecule has 0 saturated carbocycles. The summed E-state index contributed by atoms with van der Waals surface area (Å²) in [6.07, 6.45) is 3.10. The molecule has 0 spiro atoms. The van der Waals surface area contributed by atoms with E-state index in [4.69, 9.17) is 0 Å². The molecule has 0 atom stereocenters. The number of amides is 1. The normalized spacial score (nSPS) is 10.6. The van der Waals surface area contributed by atoms with Gasteiger partial charge in [-0.05, 0) is 37.3 Å². The number of carbonyl (C=O) groups excluding carboxylic acids is 1. The van der Waals surface area contributed by atoms with Crippen LogP contribution in [0.2, 0.25) is 0 Å². The molecule has 0 aliphatic carbocycles. The molecule has 3 rings (SSSR count). The fourth-order valence-electron chi connectivity index (χ4n) is 2.24. The third kappa shape index (κ3) is 2.80. The maximum absolute atomic E-state index is 12.4. The number of hydrogen-bond acceptors (Lipinski definition) is 4. The van der Waals surface area contributed by atoms with E-state index in [0.29, 0.717) is 16.8 Å². The standard InChI is InChI=1S/C17H15N3O2/c1-11-2-3-12-8-13(4-5-15(12)19-11)17(22)20-16-9-18-7-6-14(16)10-21/h2-9,21H,10H2,1H3,(H,20,22). The molecule has 5 heteroatoms. The Balaban J connectivity index is 1.90. The highest BCUT2D eigenvalue weighted by molar-refractivity contribution is 6.06. The first-order valence-corrected chi connectivity index (χ1v) is 6.90. The number of aliphatic hydroxyl groups is 1. The molecule has 1 amide bonds. The molecule has 0 unspecified atom stereocenters. The van der Waals surface area contributed by atoms with Crippen molar-refractivity contribution in [2.75, 3.05) is 5.32 Å². The summed E-state index contributed by atoms with van der Waals surface area (Å²) in [4.78, 5) is 20.7.